The van der Waals surface area contributed by atoms with Crippen molar-refractivity contribution in [2.24, 2.45) is 0 Å². The van der Waals surface area contributed by atoms with Crippen LogP contribution in [0.25, 0.3) is 0 Å². The summed E-state index contributed by atoms with van der Waals surface area (Å²) in [5, 5.41) is 7.01. The summed E-state index contributed by atoms with van der Waals surface area (Å²) < 4.78 is 34.4. The van der Waals surface area contributed by atoms with E-state index in [0.717, 1.165) is 12.5 Å². The lowest BCUT2D eigenvalue weighted by atomic mass is 9.87. The Morgan fingerprint density at radius 3 is 3.04 bits per heavy atom. The first-order chi connectivity index (χ1) is 11.1. The predicted octanol–water partition coefficient (Wildman–Crippen LogP) is 2.36. The highest BCUT2D eigenvalue weighted by Crippen LogP contribution is 2.32. The molecule has 2 heterocycles. The van der Waals surface area contributed by atoms with Gasteiger partial charge in [0.15, 0.2) is 5.69 Å². The number of halogens is 2. The van der Waals surface area contributed by atoms with Crippen molar-refractivity contribution in [3.63, 3.8) is 0 Å². The fourth-order valence-electron chi connectivity index (χ4n) is 3.24. The van der Waals surface area contributed by atoms with Crippen LogP contribution >= 0.6 is 0 Å². The molecule has 23 heavy (non-hydrogen) atoms. The Morgan fingerprint density at radius 1 is 1.35 bits per heavy atom. The van der Waals surface area contributed by atoms with Crippen molar-refractivity contribution in [3.8, 4) is 5.88 Å². The number of fused-ring (bicyclic) bond motifs is 2. The lowest BCUT2D eigenvalue weighted by Crippen LogP contribution is -2.32. The Bertz CT molecular complexity index is 766. The maximum absolute atomic E-state index is 13.9. The van der Waals surface area contributed by atoms with Gasteiger partial charge in [-0.2, -0.15) is 5.10 Å². The van der Waals surface area contributed by atoms with Crippen LogP contribution in [-0.4, -0.2) is 22.3 Å². The fourth-order valence-corrected chi connectivity index (χ4v) is 3.24. The third-order valence-electron chi connectivity index (χ3n) is 4.32. The summed E-state index contributed by atoms with van der Waals surface area (Å²) in [4.78, 5) is 12.4. The molecular formula is C16H15F2N3O2. The topological polar surface area (TPSA) is 56.2 Å². The second-order valence-electron chi connectivity index (χ2n) is 5.81. The van der Waals surface area contributed by atoms with Crippen LogP contribution in [0.4, 0.5) is 8.78 Å². The van der Waals surface area contributed by atoms with Crippen LogP contribution in [0.5, 0.6) is 5.88 Å². The maximum Gasteiger partial charge on any atom is 0.272 e. The van der Waals surface area contributed by atoms with Gasteiger partial charge in [-0.1, -0.05) is 0 Å². The van der Waals surface area contributed by atoms with E-state index in [4.69, 9.17) is 4.74 Å². The first kappa shape index (κ1) is 14.2. The molecule has 0 bridgehead atoms. The first-order valence-corrected chi connectivity index (χ1v) is 7.61. The van der Waals surface area contributed by atoms with Gasteiger partial charge in [0.2, 0.25) is 5.88 Å². The molecule has 1 atom stereocenters. The number of hydrogen-bond acceptors (Lipinski definition) is 3. The van der Waals surface area contributed by atoms with E-state index in [1.165, 1.54) is 6.07 Å². The van der Waals surface area contributed by atoms with Gasteiger partial charge in [0.25, 0.3) is 5.91 Å². The molecule has 5 nitrogen and oxygen atoms in total. The minimum Gasteiger partial charge on any atom is -0.476 e. The second-order valence-corrected chi connectivity index (χ2v) is 5.81. The van der Waals surface area contributed by atoms with Gasteiger partial charge in [-0.25, -0.2) is 13.5 Å². The number of rotatable bonds is 2. The van der Waals surface area contributed by atoms with Crippen LogP contribution in [0.2, 0.25) is 0 Å². The van der Waals surface area contributed by atoms with Crippen LogP contribution in [0.1, 0.15) is 40.5 Å². The summed E-state index contributed by atoms with van der Waals surface area (Å²) in [7, 11) is 0. The van der Waals surface area contributed by atoms with Gasteiger partial charge in [-0.05, 0) is 36.5 Å². The van der Waals surface area contributed by atoms with Gasteiger partial charge in [-0.15, -0.1) is 0 Å². The molecule has 1 N–H and O–H groups in total. The monoisotopic (exact) mass is 319 g/mol. The Labute approximate surface area is 131 Å². The van der Waals surface area contributed by atoms with Crippen LogP contribution in [0.15, 0.2) is 18.2 Å². The molecule has 0 saturated heterocycles. The summed E-state index contributed by atoms with van der Waals surface area (Å²) in [6.07, 6.45) is 1.94. The molecule has 0 spiro atoms. The highest BCUT2D eigenvalue weighted by molar-refractivity contribution is 5.93. The van der Waals surface area contributed by atoms with Crippen molar-refractivity contribution in [3.05, 3.63) is 46.7 Å². The molecular weight excluding hydrogens is 304 g/mol. The van der Waals surface area contributed by atoms with E-state index < -0.39 is 17.7 Å². The number of ether oxygens (including phenoxy) is 1. The van der Waals surface area contributed by atoms with E-state index in [1.54, 1.807) is 10.7 Å². The van der Waals surface area contributed by atoms with E-state index in [1.807, 2.05) is 0 Å². The van der Waals surface area contributed by atoms with Gasteiger partial charge in [0, 0.05) is 12.1 Å². The molecule has 1 aliphatic heterocycles. The summed E-state index contributed by atoms with van der Waals surface area (Å²) in [5.74, 6) is -0.973. The molecule has 7 heteroatoms. The number of carbonyl (C=O) groups is 1. The van der Waals surface area contributed by atoms with E-state index in [9.17, 15) is 13.6 Å². The molecule has 2 aromatic rings. The number of carbonyl (C=O) groups excluding carboxylic acids is 1. The van der Waals surface area contributed by atoms with Gasteiger partial charge in [0.1, 0.15) is 18.2 Å². The standard InChI is InChI=1S/C16H15F2N3O2/c17-9-6-11-10(12(18)7-9)2-1-3-13(11)19-16(22)14-8-15-21(20-14)4-5-23-15/h6-8,13H,1-5H2,(H,19,22)/t13-/m1/s1. The van der Waals surface area contributed by atoms with E-state index >= 15 is 0 Å². The zero-order valence-electron chi connectivity index (χ0n) is 12.3. The van der Waals surface area contributed by atoms with Crippen molar-refractivity contribution in [2.75, 3.05) is 6.61 Å². The van der Waals surface area contributed by atoms with Crippen molar-refractivity contribution in [1.82, 2.24) is 15.1 Å². The molecule has 0 fully saturated rings. The molecule has 2 aliphatic rings. The zero-order valence-corrected chi connectivity index (χ0v) is 12.3. The molecule has 120 valence electrons. The van der Waals surface area contributed by atoms with Crippen LogP contribution in [-0.2, 0) is 13.0 Å². The minimum atomic E-state index is -0.628. The predicted molar refractivity (Wildman–Crippen MR) is 77.2 cm³/mol. The zero-order chi connectivity index (χ0) is 16.0. The van der Waals surface area contributed by atoms with E-state index in [0.29, 0.717) is 43.0 Å². The quantitative estimate of drug-likeness (QED) is 0.924. The van der Waals surface area contributed by atoms with E-state index in [-0.39, 0.29) is 11.6 Å². The lowest BCUT2D eigenvalue weighted by Gasteiger charge is -2.26. The average molecular weight is 319 g/mol. The molecule has 1 amide bonds. The van der Waals surface area contributed by atoms with Crippen molar-refractivity contribution in [2.45, 2.75) is 31.8 Å². The normalized spacial score (nSPS) is 19.0. The maximum atomic E-state index is 13.9. The lowest BCUT2D eigenvalue weighted by molar-refractivity contribution is 0.0926. The number of benzene rings is 1. The molecule has 0 radical (unpaired) electrons. The molecule has 1 aromatic carbocycles. The number of hydrogen-bond donors (Lipinski definition) is 1. The Kier molecular flexibility index (Phi) is 3.28. The number of nitrogens with zero attached hydrogens (tertiary/aromatic N) is 2. The summed E-state index contributed by atoms with van der Waals surface area (Å²) in [6.45, 7) is 1.17. The number of aromatic nitrogens is 2. The molecule has 0 unspecified atom stereocenters. The van der Waals surface area contributed by atoms with Crippen LogP contribution < -0.4 is 10.1 Å². The Morgan fingerprint density at radius 2 is 2.22 bits per heavy atom. The average Bonchev–Trinajstić information content (AvgIpc) is 3.09. The highest BCUT2D eigenvalue weighted by atomic mass is 19.1. The van der Waals surface area contributed by atoms with Crippen LogP contribution in [0, 0.1) is 11.6 Å². The number of nitrogens with one attached hydrogen (secondary N) is 1. The minimum absolute atomic E-state index is 0.253. The third-order valence-corrected chi connectivity index (χ3v) is 4.32. The smallest absolute Gasteiger partial charge is 0.272 e. The van der Waals surface area contributed by atoms with Gasteiger partial charge >= 0.3 is 0 Å². The van der Waals surface area contributed by atoms with Gasteiger partial charge in [-0.3, -0.25) is 4.79 Å². The largest absolute Gasteiger partial charge is 0.476 e. The van der Waals surface area contributed by atoms with E-state index in [2.05, 4.69) is 10.4 Å². The Hall–Kier alpha value is -2.44. The molecule has 4 rings (SSSR count). The Balaban J connectivity index is 1.59. The summed E-state index contributed by atoms with van der Waals surface area (Å²) in [5.41, 5.74) is 1.26. The first-order valence-electron chi connectivity index (χ1n) is 7.61. The van der Waals surface area contributed by atoms with Crippen molar-refractivity contribution < 1.29 is 18.3 Å². The molecule has 0 saturated carbocycles. The van der Waals surface area contributed by atoms with Crippen molar-refractivity contribution in [1.29, 1.82) is 0 Å². The second kappa shape index (κ2) is 5.33. The van der Waals surface area contributed by atoms with Crippen molar-refractivity contribution >= 4 is 5.91 Å². The highest BCUT2D eigenvalue weighted by Gasteiger charge is 2.27. The SMILES string of the molecule is O=C(N[C@@H]1CCCc2c(F)cc(F)cc21)c1cc2n(n1)CCO2. The third kappa shape index (κ3) is 2.46. The number of amides is 1. The fraction of sp³-hybridized carbons (Fsp3) is 0.375. The molecule has 1 aliphatic carbocycles. The summed E-state index contributed by atoms with van der Waals surface area (Å²) in [6, 6.07) is 3.37. The van der Waals surface area contributed by atoms with Gasteiger partial charge < -0.3 is 10.1 Å². The van der Waals surface area contributed by atoms with Crippen LogP contribution in [0.3, 0.4) is 0 Å². The summed E-state index contributed by atoms with van der Waals surface area (Å²) >= 11 is 0. The van der Waals surface area contributed by atoms with Gasteiger partial charge in [0.05, 0.1) is 12.6 Å². The molecule has 1 aromatic heterocycles.